The van der Waals surface area contributed by atoms with Crippen molar-refractivity contribution in [3.63, 3.8) is 0 Å². The minimum absolute atomic E-state index is 0.152. The Hall–Kier alpha value is -1.19. The standard InChI is InChI=1S/C16H20F4N2O2S/c17-12-3-4-15(14(9-12)16(18,19)20)25(23,24)22-7-5-13(6-8-22)21-10-11-1-2-11/h3-4,9,11,13,21H,1-2,5-8,10H2. The summed E-state index contributed by atoms with van der Waals surface area (Å²) in [5.41, 5.74) is -1.46. The second-order valence-corrected chi connectivity index (χ2v) is 8.57. The van der Waals surface area contributed by atoms with Gasteiger partial charge in [0.15, 0.2) is 0 Å². The molecule has 9 heteroatoms. The van der Waals surface area contributed by atoms with Gasteiger partial charge in [0.05, 0.1) is 10.5 Å². The van der Waals surface area contributed by atoms with Crippen LogP contribution in [-0.2, 0) is 16.2 Å². The molecule has 2 fully saturated rings. The summed E-state index contributed by atoms with van der Waals surface area (Å²) in [4.78, 5) is -0.884. The van der Waals surface area contributed by atoms with Crippen molar-refractivity contribution in [3.05, 3.63) is 29.6 Å². The number of nitrogens with zero attached hydrogens (tertiary/aromatic N) is 1. The van der Waals surface area contributed by atoms with Crippen molar-refractivity contribution in [2.75, 3.05) is 19.6 Å². The van der Waals surface area contributed by atoms with Crippen molar-refractivity contribution in [1.82, 2.24) is 9.62 Å². The predicted molar refractivity (Wildman–Crippen MR) is 83.9 cm³/mol. The van der Waals surface area contributed by atoms with Crippen LogP contribution < -0.4 is 5.32 Å². The molecule has 0 radical (unpaired) electrons. The first-order valence-corrected chi connectivity index (χ1v) is 9.72. The quantitative estimate of drug-likeness (QED) is 0.799. The zero-order valence-electron chi connectivity index (χ0n) is 13.5. The first-order chi connectivity index (χ1) is 11.7. The van der Waals surface area contributed by atoms with Crippen LogP contribution >= 0.6 is 0 Å². The molecule has 1 aliphatic carbocycles. The molecule has 1 aromatic carbocycles. The third-order valence-electron chi connectivity index (χ3n) is 4.71. The van der Waals surface area contributed by atoms with Crippen LogP contribution in [0.4, 0.5) is 17.6 Å². The monoisotopic (exact) mass is 380 g/mol. The molecule has 1 aliphatic heterocycles. The van der Waals surface area contributed by atoms with Crippen LogP contribution in [0, 0.1) is 11.7 Å². The zero-order valence-corrected chi connectivity index (χ0v) is 14.3. The smallest absolute Gasteiger partial charge is 0.314 e. The van der Waals surface area contributed by atoms with Gasteiger partial charge >= 0.3 is 6.18 Å². The average molecular weight is 380 g/mol. The molecule has 0 bridgehead atoms. The Morgan fingerprint density at radius 2 is 1.76 bits per heavy atom. The lowest BCUT2D eigenvalue weighted by Gasteiger charge is -2.32. The van der Waals surface area contributed by atoms with Gasteiger partial charge in [-0.25, -0.2) is 12.8 Å². The molecule has 25 heavy (non-hydrogen) atoms. The normalized spacial score (nSPS) is 20.8. The minimum Gasteiger partial charge on any atom is -0.314 e. The third kappa shape index (κ3) is 4.32. The van der Waals surface area contributed by atoms with E-state index in [-0.39, 0.29) is 25.2 Å². The van der Waals surface area contributed by atoms with Gasteiger partial charge in [0.2, 0.25) is 10.0 Å². The van der Waals surface area contributed by atoms with E-state index in [1.54, 1.807) is 0 Å². The molecule has 1 aromatic rings. The van der Waals surface area contributed by atoms with Gasteiger partial charge in [-0.3, -0.25) is 0 Å². The van der Waals surface area contributed by atoms with Crippen molar-refractivity contribution >= 4 is 10.0 Å². The second-order valence-electron chi connectivity index (χ2n) is 6.67. The number of alkyl halides is 3. The maximum absolute atomic E-state index is 13.2. The number of sulfonamides is 1. The summed E-state index contributed by atoms with van der Waals surface area (Å²) in [5.74, 6) is -0.412. The van der Waals surface area contributed by atoms with Crippen LogP contribution in [0.25, 0.3) is 0 Å². The van der Waals surface area contributed by atoms with Crippen LogP contribution in [0.15, 0.2) is 23.1 Å². The number of hydrogen-bond acceptors (Lipinski definition) is 3. The van der Waals surface area contributed by atoms with Gasteiger partial charge in [-0.05, 0) is 56.3 Å². The molecule has 0 atom stereocenters. The molecule has 140 valence electrons. The van der Waals surface area contributed by atoms with E-state index in [9.17, 15) is 26.0 Å². The zero-order chi connectivity index (χ0) is 18.2. The van der Waals surface area contributed by atoms with E-state index >= 15 is 0 Å². The first kappa shape index (κ1) is 18.6. The number of benzene rings is 1. The van der Waals surface area contributed by atoms with Crippen molar-refractivity contribution in [3.8, 4) is 0 Å². The second kappa shape index (κ2) is 6.85. The van der Waals surface area contributed by atoms with Crippen LogP contribution in [0.3, 0.4) is 0 Å². The Kier molecular flexibility index (Phi) is 5.09. The van der Waals surface area contributed by atoms with Crippen molar-refractivity contribution < 1.29 is 26.0 Å². The SMILES string of the molecule is O=S(=O)(c1ccc(F)cc1C(F)(F)F)N1CCC(NCC2CC2)CC1. The molecule has 0 spiro atoms. The summed E-state index contributed by atoms with van der Waals surface area (Å²) in [6.07, 6.45) is -1.41. The molecule has 2 aliphatic rings. The lowest BCUT2D eigenvalue weighted by atomic mass is 10.1. The van der Waals surface area contributed by atoms with Crippen molar-refractivity contribution in [2.24, 2.45) is 5.92 Å². The molecule has 1 saturated carbocycles. The lowest BCUT2D eigenvalue weighted by molar-refractivity contribution is -0.140. The molecular formula is C16H20F4N2O2S. The number of piperidine rings is 1. The molecule has 0 aromatic heterocycles. The molecule has 4 nitrogen and oxygen atoms in total. The molecule has 1 heterocycles. The van der Waals surface area contributed by atoms with E-state index in [0.29, 0.717) is 24.8 Å². The molecular weight excluding hydrogens is 360 g/mol. The Morgan fingerprint density at radius 3 is 2.32 bits per heavy atom. The van der Waals surface area contributed by atoms with Crippen molar-refractivity contribution in [1.29, 1.82) is 0 Å². The largest absolute Gasteiger partial charge is 0.417 e. The highest BCUT2D eigenvalue weighted by Gasteiger charge is 2.40. The molecule has 1 N–H and O–H groups in total. The Balaban J connectivity index is 1.74. The van der Waals surface area contributed by atoms with Crippen molar-refractivity contribution in [2.45, 2.75) is 42.8 Å². The average Bonchev–Trinajstić information content (AvgIpc) is 3.36. The minimum atomic E-state index is -4.94. The summed E-state index contributed by atoms with van der Waals surface area (Å²) < 4.78 is 78.9. The van der Waals surface area contributed by atoms with Crippen LogP contribution in [0.2, 0.25) is 0 Å². The Bertz CT molecular complexity index is 724. The summed E-state index contributed by atoms with van der Waals surface area (Å²) in [6, 6.07) is 1.86. The van der Waals surface area contributed by atoms with Gasteiger partial charge in [-0.2, -0.15) is 17.5 Å². The van der Waals surface area contributed by atoms with E-state index in [2.05, 4.69) is 5.32 Å². The van der Waals surface area contributed by atoms with Gasteiger partial charge in [-0.1, -0.05) is 0 Å². The number of halogens is 4. The summed E-state index contributed by atoms with van der Waals surface area (Å²) >= 11 is 0. The maximum atomic E-state index is 13.2. The van der Waals surface area contributed by atoms with E-state index in [0.717, 1.165) is 16.9 Å². The summed E-state index contributed by atoms with van der Waals surface area (Å²) in [6.45, 7) is 1.21. The summed E-state index contributed by atoms with van der Waals surface area (Å²) in [7, 11) is -4.32. The van der Waals surface area contributed by atoms with Gasteiger partial charge in [0.1, 0.15) is 5.82 Å². The number of nitrogens with one attached hydrogen (secondary N) is 1. The highest BCUT2D eigenvalue weighted by atomic mass is 32.2. The lowest BCUT2D eigenvalue weighted by Crippen LogP contribution is -2.45. The third-order valence-corrected chi connectivity index (χ3v) is 6.67. The van der Waals surface area contributed by atoms with Crippen LogP contribution in [0.1, 0.15) is 31.2 Å². The fourth-order valence-electron chi connectivity index (χ4n) is 3.04. The Morgan fingerprint density at radius 1 is 1.12 bits per heavy atom. The number of hydrogen-bond donors (Lipinski definition) is 1. The van der Waals surface area contributed by atoms with Gasteiger partial charge in [0.25, 0.3) is 0 Å². The van der Waals surface area contributed by atoms with E-state index in [1.807, 2.05) is 0 Å². The Labute approximate surface area is 144 Å². The van der Waals surface area contributed by atoms with E-state index < -0.39 is 32.5 Å². The predicted octanol–water partition coefficient (Wildman–Crippen LogP) is 3.00. The number of rotatable bonds is 5. The summed E-state index contributed by atoms with van der Waals surface area (Å²) in [5, 5.41) is 3.39. The van der Waals surface area contributed by atoms with E-state index in [1.165, 1.54) is 12.8 Å². The topological polar surface area (TPSA) is 49.4 Å². The van der Waals surface area contributed by atoms with Gasteiger partial charge in [0, 0.05) is 19.1 Å². The molecule has 0 unspecified atom stereocenters. The molecule has 3 rings (SSSR count). The molecule has 1 saturated heterocycles. The van der Waals surface area contributed by atoms with Gasteiger partial charge in [-0.15, -0.1) is 0 Å². The van der Waals surface area contributed by atoms with Crippen LogP contribution in [-0.4, -0.2) is 38.4 Å². The maximum Gasteiger partial charge on any atom is 0.417 e. The van der Waals surface area contributed by atoms with Gasteiger partial charge < -0.3 is 5.32 Å². The highest BCUT2D eigenvalue weighted by molar-refractivity contribution is 7.89. The fourth-order valence-corrected chi connectivity index (χ4v) is 4.71. The molecule has 0 amide bonds. The highest BCUT2D eigenvalue weighted by Crippen LogP contribution is 2.36. The fraction of sp³-hybridized carbons (Fsp3) is 0.625. The first-order valence-electron chi connectivity index (χ1n) is 8.28. The van der Waals surface area contributed by atoms with Crippen LogP contribution in [0.5, 0.6) is 0 Å². The van der Waals surface area contributed by atoms with E-state index in [4.69, 9.17) is 0 Å².